The highest BCUT2D eigenvalue weighted by atomic mass is 19.4. The number of benzene rings is 1. The zero-order chi connectivity index (χ0) is 47.2. The molecular formula is C49H64F3N11O4. The van der Waals surface area contributed by atoms with E-state index >= 15 is 0 Å². The van der Waals surface area contributed by atoms with E-state index in [0.29, 0.717) is 69.2 Å². The molecule has 4 aliphatic rings. The number of amides is 1. The second kappa shape index (κ2) is 21.3. The number of aryl methyl sites for hydroxylation is 1. The van der Waals surface area contributed by atoms with Crippen LogP contribution in [0.3, 0.4) is 0 Å². The van der Waals surface area contributed by atoms with Crippen molar-refractivity contribution in [1.82, 2.24) is 48.2 Å². The number of pyridine rings is 1. The third kappa shape index (κ3) is 11.5. The van der Waals surface area contributed by atoms with Crippen molar-refractivity contribution < 1.29 is 27.6 Å². The van der Waals surface area contributed by atoms with Crippen LogP contribution in [0, 0.1) is 5.92 Å². The van der Waals surface area contributed by atoms with Crippen LogP contribution in [0.1, 0.15) is 77.9 Å². The van der Waals surface area contributed by atoms with Gasteiger partial charge in [0.15, 0.2) is 0 Å². The van der Waals surface area contributed by atoms with Gasteiger partial charge in [0.1, 0.15) is 24.7 Å². The Labute approximate surface area is 390 Å². The van der Waals surface area contributed by atoms with Crippen LogP contribution in [0.2, 0.25) is 0 Å². The Morgan fingerprint density at radius 3 is 2.36 bits per heavy atom. The SMILES string of the molecule is CCCC(C=O)N(C)Cc1cc(N2CCN(CC3CCN(C(=O)CN4CCN(Cc5cc(C(F)(F)F)c6cn(C7C=C(Cc8nncn8C)C=CC7)c(=O)n6c5)CC4)CC3)CC2)ccc1C=O. The van der Waals surface area contributed by atoms with Crippen molar-refractivity contribution in [3.8, 4) is 0 Å². The highest BCUT2D eigenvalue weighted by Gasteiger charge is 2.35. The van der Waals surface area contributed by atoms with Crippen molar-refractivity contribution in [2.24, 2.45) is 13.0 Å². The van der Waals surface area contributed by atoms with Crippen LogP contribution in [-0.4, -0.2) is 158 Å². The van der Waals surface area contributed by atoms with E-state index < -0.39 is 23.5 Å². The average molecular weight is 928 g/mol. The summed E-state index contributed by atoms with van der Waals surface area (Å²) in [6.45, 7) is 11.7. The fraction of sp³-hybridized carbons (Fsp3) is 0.551. The summed E-state index contributed by atoms with van der Waals surface area (Å²) in [6, 6.07) is 6.57. The van der Waals surface area contributed by atoms with E-state index in [4.69, 9.17) is 0 Å². The third-order valence-corrected chi connectivity index (χ3v) is 14.2. The zero-order valence-electron chi connectivity index (χ0n) is 39.0. The second-order valence-electron chi connectivity index (χ2n) is 18.9. The Morgan fingerprint density at radius 1 is 0.955 bits per heavy atom. The number of piperidine rings is 1. The predicted octanol–water partition coefficient (Wildman–Crippen LogP) is 4.71. The fourth-order valence-electron chi connectivity index (χ4n) is 10.2. The van der Waals surface area contributed by atoms with Crippen molar-refractivity contribution in [1.29, 1.82) is 0 Å². The lowest BCUT2D eigenvalue weighted by molar-refractivity contribution is -0.136. The van der Waals surface area contributed by atoms with Gasteiger partial charge in [0.25, 0.3) is 0 Å². The second-order valence-corrected chi connectivity index (χ2v) is 18.9. The first-order valence-corrected chi connectivity index (χ1v) is 23.8. The molecule has 0 N–H and O–H groups in total. The van der Waals surface area contributed by atoms with Crippen molar-refractivity contribution in [3.05, 3.63) is 105 Å². The smallest absolute Gasteiger partial charge is 0.369 e. The van der Waals surface area contributed by atoms with Crippen LogP contribution in [0.4, 0.5) is 18.9 Å². The molecule has 0 spiro atoms. The standard InChI is InChI=1S/C49H64F3N11O4/c1-4-6-43(34-65)55(2)30-40-26-41(10-9-39(40)33-64)60-21-19-58(20-22-60)27-36-11-13-61(14-12-36)47(66)32-59-17-15-57(16-18-59)28-38-24-44(49(50,51)52)45-31-62(48(67)63(45)29-38)42-8-5-7-37(23-42)25-46-54-53-35-56(46)3/h5,7,9-10,23-24,26,29,31,33-36,42-43H,4,6,8,11-22,25,27-28,30,32H2,1-3H3. The number of piperazine rings is 2. The molecule has 3 aliphatic heterocycles. The number of aldehydes is 2. The van der Waals surface area contributed by atoms with Crippen LogP contribution < -0.4 is 10.6 Å². The minimum Gasteiger partial charge on any atom is -0.369 e. The molecule has 6 heterocycles. The number of carbonyl (C=O) groups is 3. The summed E-state index contributed by atoms with van der Waals surface area (Å²) in [6.07, 6.45) is 12.1. The number of anilines is 1. The molecule has 360 valence electrons. The normalized spacial score (nSPS) is 19.9. The van der Waals surface area contributed by atoms with Gasteiger partial charge in [-0.25, -0.2) is 4.79 Å². The summed E-state index contributed by atoms with van der Waals surface area (Å²) in [7, 11) is 3.78. The first kappa shape index (κ1) is 48.0. The maximum absolute atomic E-state index is 14.5. The number of hydrogen-bond donors (Lipinski definition) is 0. The van der Waals surface area contributed by atoms with Gasteiger partial charge in [-0.3, -0.25) is 38.2 Å². The number of carbonyl (C=O) groups excluding carboxylic acids is 3. The number of hydrogen-bond acceptors (Lipinski definition) is 11. The van der Waals surface area contributed by atoms with Gasteiger partial charge in [0, 0.05) is 122 Å². The number of alkyl halides is 3. The summed E-state index contributed by atoms with van der Waals surface area (Å²) in [4.78, 5) is 63.9. The lowest BCUT2D eigenvalue weighted by Crippen LogP contribution is -2.51. The summed E-state index contributed by atoms with van der Waals surface area (Å²) in [5.74, 6) is 1.38. The number of rotatable bonds is 17. The molecule has 4 aromatic rings. The summed E-state index contributed by atoms with van der Waals surface area (Å²) < 4.78 is 48.0. The first-order chi connectivity index (χ1) is 32.3. The zero-order valence-corrected chi connectivity index (χ0v) is 39.0. The largest absolute Gasteiger partial charge is 0.418 e. The third-order valence-electron chi connectivity index (χ3n) is 14.2. The number of likely N-dealkylation sites (tertiary alicyclic amines) is 1. The fourth-order valence-corrected chi connectivity index (χ4v) is 10.2. The molecule has 67 heavy (non-hydrogen) atoms. The van der Waals surface area contributed by atoms with E-state index in [2.05, 4.69) is 42.8 Å². The molecule has 3 aromatic heterocycles. The Hall–Kier alpha value is -5.43. The number of nitrogens with zero attached hydrogens (tertiary/aromatic N) is 11. The van der Waals surface area contributed by atoms with Crippen molar-refractivity contribution in [3.63, 3.8) is 0 Å². The molecule has 3 saturated heterocycles. The molecule has 0 saturated carbocycles. The Bertz CT molecular complexity index is 2490. The van der Waals surface area contributed by atoms with Crippen molar-refractivity contribution in [2.45, 2.75) is 76.8 Å². The van der Waals surface area contributed by atoms with E-state index in [9.17, 15) is 32.3 Å². The lowest BCUT2D eigenvalue weighted by atomic mass is 9.95. The van der Waals surface area contributed by atoms with Gasteiger partial charge in [0.2, 0.25) is 5.91 Å². The van der Waals surface area contributed by atoms with Crippen molar-refractivity contribution in [2.75, 3.05) is 90.5 Å². The summed E-state index contributed by atoms with van der Waals surface area (Å²) >= 11 is 0. The van der Waals surface area contributed by atoms with Gasteiger partial charge in [-0.2, -0.15) is 13.2 Å². The molecule has 18 heteroatoms. The number of halogens is 3. The number of fused-ring (bicyclic) bond motifs is 1. The summed E-state index contributed by atoms with van der Waals surface area (Å²) in [5.41, 5.74) is 2.47. The molecule has 1 amide bonds. The van der Waals surface area contributed by atoms with Crippen molar-refractivity contribution >= 4 is 29.7 Å². The molecule has 0 radical (unpaired) electrons. The van der Waals surface area contributed by atoms with E-state index in [1.54, 1.807) is 12.5 Å². The monoisotopic (exact) mass is 928 g/mol. The van der Waals surface area contributed by atoms with E-state index in [-0.39, 0.29) is 24.0 Å². The van der Waals surface area contributed by atoms with Crippen LogP contribution >= 0.6 is 0 Å². The molecule has 1 aromatic carbocycles. The Balaban J connectivity index is 0.787. The molecule has 2 unspecified atom stereocenters. The molecule has 8 rings (SSSR count). The highest BCUT2D eigenvalue weighted by Crippen LogP contribution is 2.34. The number of likely N-dealkylation sites (N-methyl/N-ethyl adjacent to an activating group) is 1. The van der Waals surface area contributed by atoms with Gasteiger partial charge in [-0.05, 0) is 79.6 Å². The Morgan fingerprint density at radius 2 is 1.69 bits per heavy atom. The van der Waals surface area contributed by atoms with Gasteiger partial charge < -0.3 is 19.2 Å². The number of imidazole rings is 1. The van der Waals surface area contributed by atoms with Gasteiger partial charge in [0.05, 0.1) is 29.7 Å². The molecular weight excluding hydrogens is 864 g/mol. The average Bonchev–Trinajstić information content (AvgIpc) is 3.89. The topological polar surface area (TPSA) is 128 Å². The quantitative estimate of drug-likeness (QED) is 0.137. The summed E-state index contributed by atoms with van der Waals surface area (Å²) in [5, 5.41) is 8.06. The van der Waals surface area contributed by atoms with Crippen LogP contribution in [-0.2, 0) is 42.3 Å². The van der Waals surface area contributed by atoms with E-state index in [0.717, 1.165) is 111 Å². The van der Waals surface area contributed by atoms with Crippen LogP contribution in [0.5, 0.6) is 0 Å². The van der Waals surface area contributed by atoms with E-state index in [1.807, 2.05) is 58.8 Å². The molecule has 15 nitrogen and oxygen atoms in total. The first-order valence-electron chi connectivity index (χ1n) is 23.8. The molecule has 1 aliphatic carbocycles. The molecule has 3 fully saturated rings. The van der Waals surface area contributed by atoms with Crippen LogP contribution in [0.15, 0.2) is 71.6 Å². The highest BCUT2D eigenvalue weighted by molar-refractivity contribution is 5.79. The predicted molar refractivity (Wildman–Crippen MR) is 250 cm³/mol. The molecule has 2 atom stereocenters. The maximum atomic E-state index is 14.5. The number of allylic oxidation sites excluding steroid dienone is 4. The lowest BCUT2D eigenvalue weighted by Gasteiger charge is -2.40. The van der Waals surface area contributed by atoms with Gasteiger partial charge in [-0.15, -0.1) is 10.2 Å². The Kier molecular flexibility index (Phi) is 15.2. The van der Waals surface area contributed by atoms with Gasteiger partial charge >= 0.3 is 11.9 Å². The van der Waals surface area contributed by atoms with E-state index in [1.165, 1.54) is 16.8 Å². The maximum Gasteiger partial charge on any atom is 0.418 e. The van der Waals surface area contributed by atoms with Crippen LogP contribution in [0.25, 0.3) is 5.52 Å². The minimum absolute atomic E-state index is 0.118. The minimum atomic E-state index is -4.66. The molecule has 0 bridgehead atoms. The number of aromatic nitrogens is 5. The van der Waals surface area contributed by atoms with Gasteiger partial charge in [-0.1, -0.05) is 31.6 Å².